The van der Waals surface area contributed by atoms with Crippen LogP contribution in [-0.4, -0.2) is 43.4 Å². The lowest BCUT2D eigenvalue weighted by Crippen LogP contribution is -2.47. The van der Waals surface area contributed by atoms with Gasteiger partial charge in [-0.2, -0.15) is 0 Å². The topological polar surface area (TPSA) is 84.6 Å². The van der Waals surface area contributed by atoms with Crippen LogP contribution in [0.2, 0.25) is 0 Å². The van der Waals surface area contributed by atoms with Gasteiger partial charge in [-0.1, -0.05) is 6.42 Å². The molecule has 0 radical (unpaired) electrons. The molecule has 0 saturated heterocycles. The molecular formula is C12H24N2O3. The second-order valence-corrected chi connectivity index (χ2v) is 4.73. The van der Waals surface area contributed by atoms with Gasteiger partial charge in [0, 0.05) is 32.3 Å². The summed E-state index contributed by atoms with van der Waals surface area (Å²) in [6.45, 7) is 0.771. The highest BCUT2D eigenvalue weighted by Gasteiger charge is 2.28. The van der Waals surface area contributed by atoms with E-state index in [1.807, 2.05) is 0 Å². The number of methoxy groups -OCH3 is 1. The molecule has 1 saturated carbocycles. The molecule has 100 valence electrons. The van der Waals surface area contributed by atoms with E-state index in [-0.39, 0.29) is 24.5 Å². The number of nitrogens with two attached hydrogens (primary N) is 1. The molecule has 1 rings (SSSR count). The van der Waals surface area contributed by atoms with Crippen molar-refractivity contribution >= 4 is 5.91 Å². The van der Waals surface area contributed by atoms with Crippen molar-refractivity contribution in [3.8, 4) is 0 Å². The number of rotatable bonds is 7. The fourth-order valence-corrected chi connectivity index (χ4v) is 2.31. The monoisotopic (exact) mass is 244 g/mol. The predicted molar refractivity (Wildman–Crippen MR) is 65.4 cm³/mol. The number of hydrogen-bond donors (Lipinski definition) is 3. The van der Waals surface area contributed by atoms with Crippen LogP contribution in [-0.2, 0) is 9.53 Å². The summed E-state index contributed by atoms with van der Waals surface area (Å²) in [5, 5.41) is 12.1. The fraction of sp³-hybridized carbons (Fsp3) is 0.917. The molecule has 1 fully saturated rings. The highest BCUT2D eigenvalue weighted by atomic mass is 16.5. The molecule has 0 aliphatic heterocycles. The second kappa shape index (κ2) is 7.63. The van der Waals surface area contributed by atoms with Crippen molar-refractivity contribution in [2.24, 2.45) is 11.7 Å². The van der Waals surface area contributed by atoms with Gasteiger partial charge in [0.25, 0.3) is 0 Å². The van der Waals surface area contributed by atoms with Crippen LogP contribution in [0.1, 0.15) is 32.1 Å². The minimum absolute atomic E-state index is 0.0981. The van der Waals surface area contributed by atoms with Crippen molar-refractivity contribution in [1.29, 1.82) is 0 Å². The van der Waals surface area contributed by atoms with Gasteiger partial charge in [0.15, 0.2) is 0 Å². The molecule has 1 amide bonds. The Balaban J connectivity index is 2.27. The van der Waals surface area contributed by atoms with Crippen molar-refractivity contribution < 1.29 is 14.6 Å². The van der Waals surface area contributed by atoms with E-state index in [4.69, 9.17) is 15.6 Å². The summed E-state index contributed by atoms with van der Waals surface area (Å²) in [7, 11) is 1.63. The molecule has 0 aromatic rings. The SMILES string of the molecule is COCCCC(N)C(=O)NC1CCCC1CO. The van der Waals surface area contributed by atoms with Crippen LogP contribution in [0, 0.1) is 5.92 Å². The molecule has 1 aliphatic carbocycles. The third-order valence-corrected chi connectivity index (χ3v) is 3.42. The standard InChI is InChI=1S/C12H24N2O3/c1-17-7-3-5-10(13)12(16)14-11-6-2-4-9(11)8-15/h9-11,15H,2-8,13H2,1H3,(H,14,16). The largest absolute Gasteiger partial charge is 0.396 e. The first-order valence-electron chi connectivity index (χ1n) is 6.34. The van der Waals surface area contributed by atoms with Crippen molar-refractivity contribution in [1.82, 2.24) is 5.32 Å². The van der Waals surface area contributed by atoms with Gasteiger partial charge in [-0.25, -0.2) is 0 Å². The van der Waals surface area contributed by atoms with Crippen molar-refractivity contribution in [3.63, 3.8) is 0 Å². The lowest BCUT2D eigenvalue weighted by Gasteiger charge is -2.21. The summed E-state index contributed by atoms with van der Waals surface area (Å²) in [6, 6.07) is -0.369. The van der Waals surface area contributed by atoms with E-state index in [9.17, 15) is 4.79 Å². The van der Waals surface area contributed by atoms with Gasteiger partial charge in [0.2, 0.25) is 5.91 Å². The zero-order valence-electron chi connectivity index (χ0n) is 10.5. The molecule has 0 bridgehead atoms. The molecule has 1 aliphatic rings. The average molecular weight is 244 g/mol. The van der Waals surface area contributed by atoms with E-state index < -0.39 is 6.04 Å². The fourth-order valence-electron chi connectivity index (χ4n) is 2.31. The maximum absolute atomic E-state index is 11.8. The number of ether oxygens (including phenoxy) is 1. The van der Waals surface area contributed by atoms with Gasteiger partial charge < -0.3 is 20.9 Å². The summed E-state index contributed by atoms with van der Waals surface area (Å²) >= 11 is 0. The minimum atomic E-state index is -0.468. The summed E-state index contributed by atoms with van der Waals surface area (Å²) in [6.07, 6.45) is 4.42. The first-order valence-corrected chi connectivity index (χ1v) is 6.34. The summed E-state index contributed by atoms with van der Waals surface area (Å²) in [5.41, 5.74) is 5.79. The van der Waals surface area contributed by atoms with E-state index in [0.29, 0.717) is 13.0 Å². The Bertz CT molecular complexity index is 236. The number of aliphatic hydroxyl groups excluding tert-OH is 1. The smallest absolute Gasteiger partial charge is 0.237 e. The number of aliphatic hydroxyl groups is 1. The van der Waals surface area contributed by atoms with Gasteiger partial charge >= 0.3 is 0 Å². The molecule has 4 N–H and O–H groups in total. The Hall–Kier alpha value is -0.650. The molecule has 3 unspecified atom stereocenters. The average Bonchev–Trinajstić information content (AvgIpc) is 2.76. The highest BCUT2D eigenvalue weighted by Crippen LogP contribution is 2.25. The van der Waals surface area contributed by atoms with Crippen LogP contribution < -0.4 is 11.1 Å². The van der Waals surface area contributed by atoms with Crippen LogP contribution in [0.25, 0.3) is 0 Å². The van der Waals surface area contributed by atoms with Crippen LogP contribution in [0.5, 0.6) is 0 Å². The van der Waals surface area contributed by atoms with Gasteiger partial charge in [-0.05, 0) is 25.7 Å². The normalized spacial score (nSPS) is 25.8. The minimum Gasteiger partial charge on any atom is -0.396 e. The third kappa shape index (κ3) is 4.61. The first-order chi connectivity index (χ1) is 8.19. The second-order valence-electron chi connectivity index (χ2n) is 4.73. The number of carbonyl (C=O) groups is 1. The van der Waals surface area contributed by atoms with E-state index in [0.717, 1.165) is 25.7 Å². The van der Waals surface area contributed by atoms with E-state index >= 15 is 0 Å². The summed E-state index contributed by atoms with van der Waals surface area (Å²) < 4.78 is 4.92. The maximum Gasteiger partial charge on any atom is 0.237 e. The van der Waals surface area contributed by atoms with Gasteiger partial charge in [0.1, 0.15) is 0 Å². The van der Waals surface area contributed by atoms with Gasteiger partial charge in [-0.15, -0.1) is 0 Å². The lowest BCUT2D eigenvalue weighted by molar-refractivity contribution is -0.123. The van der Waals surface area contributed by atoms with E-state index in [1.54, 1.807) is 7.11 Å². The van der Waals surface area contributed by atoms with Gasteiger partial charge in [0.05, 0.1) is 6.04 Å². The molecule has 3 atom stereocenters. The van der Waals surface area contributed by atoms with Gasteiger partial charge in [-0.3, -0.25) is 4.79 Å². The van der Waals surface area contributed by atoms with Crippen molar-refractivity contribution in [3.05, 3.63) is 0 Å². The zero-order chi connectivity index (χ0) is 12.7. The number of hydrogen-bond acceptors (Lipinski definition) is 4. The van der Waals surface area contributed by atoms with E-state index in [1.165, 1.54) is 0 Å². The Morgan fingerprint density at radius 2 is 2.35 bits per heavy atom. The molecule has 0 aromatic heterocycles. The number of carbonyl (C=O) groups excluding carboxylic acids is 1. The number of nitrogens with one attached hydrogen (secondary N) is 1. The molecule has 5 nitrogen and oxygen atoms in total. The Morgan fingerprint density at radius 3 is 3.00 bits per heavy atom. The third-order valence-electron chi connectivity index (χ3n) is 3.42. The van der Waals surface area contributed by atoms with Crippen molar-refractivity contribution in [2.45, 2.75) is 44.2 Å². The van der Waals surface area contributed by atoms with Crippen LogP contribution in [0.3, 0.4) is 0 Å². The molecule has 0 aromatic carbocycles. The zero-order valence-corrected chi connectivity index (χ0v) is 10.5. The number of amides is 1. The highest BCUT2D eigenvalue weighted by molar-refractivity contribution is 5.81. The lowest BCUT2D eigenvalue weighted by atomic mass is 10.0. The van der Waals surface area contributed by atoms with Crippen molar-refractivity contribution in [2.75, 3.05) is 20.3 Å². The quantitative estimate of drug-likeness (QED) is 0.551. The van der Waals surface area contributed by atoms with E-state index in [2.05, 4.69) is 5.32 Å². The molecule has 17 heavy (non-hydrogen) atoms. The Labute approximate surface area is 103 Å². The summed E-state index contributed by atoms with van der Waals surface area (Å²) in [4.78, 5) is 11.8. The molecule has 5 heteroatoms. The molecule has 0 spiro atoms. The molecular weight excluding hydrogens is 220 g/mol. The Kier molecular flexibility index (Phi) is 6.47. The van der Waals surface area contributed by atoms with Crippen LogP contribution in [0.4, 0.5) is 0 Å². The molecule has 0 heterocycles. The van der Waals surface area contributed by atoms with Crippen LogP contribution in [0.15, 0.2) is 0 Å². The van der Waals surface area contributed by atoms with Crippen LogP contribution >= 0.6 is 0 Å². The first kappa shape index (κ1) is 14.4. The summed E-state index contributed by atoms with van der Waals surface area (Å²) in [5.74, 6) is 0.0941. The maximum atomic E-state index is 11.8. The Morgan fingerprint density at radius 1 is 1.59 bits per heavy atom. The predicted octanol–water partition coefficient (Wildman–Crippen LogP) is 0.0175.